The smallest absolute Gasteiger partial charge is 0.256 e. The number of nitrogen functional groups attached to an aromatic ring is 1. The largest absolute Gasteiger partial charge is 0.396 e. The molecule has 1 aliphatic heterocycles. The number of benzene rings is 1. The topological polar surface area (TPSA) is 46.3 Å². The van der Waals surface area contributed by atoms with Crippen molar-refractivity contribution in [2.75, 3.05) is 18.8 Å². The summed E-state index contributed by atoms with van der Waals surface area (Å²) in [5.41, 5.74) is 4.98. The van der Waals surface area contributed by atoms with E-state index >= 15 is 0 Å². The van der Waals surface area contributed by atoms with Gasteiger partial charge in [0.25, 0.3) is 5.91 Å². The molecule has 0 aliphatic carbocycles. The normalized spacial score (nSPS) is 19.7. The van der Waals surface area contributed by atoms with Crippen LogP contribution in [-0.4, -0.2) is 23.9 Å². The number of nitrogens with zero attached hydrogens (tertiary/aromatic N) is 1. The summed E-state index contributed by atoms with van der Waals surface area (Å²) < 4.78 is 26.5. The van der Waals surface area contributed by atoms with E-state index in [-0.39, 0.29) is 11.3 Å². The quantitative estimate of drug-likeness (QED) is 0.763. The number of hydrogen-bond acceptors (Lipinski definition) is 2. The molecule has 1 heterocycles. The standard InChI is InChI=1S/C12H14F2N2O/c1-7-2-3-16(6-7)12(17)8-4-11(15)10(14)5-9(8)13/h4-5,7H,2-3,6,15H2,1H3. The molecule has 2 rings (SSSR count). The second kappa shape index (κ2) is 4.31. The Hall–Kier alpha value is -1.65. The minimum absolute atomic E-state index is 0.155. The maximum atomic E-state index is 13.5. The van der Waals surface area contributed by atoms with Gasteiger partial charge in [-0.1, -0.05) is 6.92 Å². The fourth-order valence-corrected chi connectivity index (χ4v) is 2.02. The average Bonchev–Trinajstić information content (AvgIpc) is 2.69. The van der Waals surface area contributed by atoms with Gasteiger partial charge in [-0.05, 0) is 18.4 Å². The molecule has 1 amide bonds. The van der Waals surface area contributed by atoms with Crippen molar-refractivity contribution in [3.8, 4) is 0 Å². The summed E-state index contributed by atoms with van der Waals surface area (Å²) in [7, 11) is 0. The number of rotatable bonds is 1. The van der Waals surface area contributed by atoms with Crippen LogP contribution in [0, 0.1) is 17.6 Å². The number of carbonyl (C=O) groups is 1. The van der Waals surface area contributed by atoms with Gasteiger partial charge in [-0.25, -0.2) is 8.78 Å². The molecular weight excluding hydrogens is 226 g/mol. The molecule has 0 aromatic heterocycles. The van der Waals surface area contributed by atoms with E-state index in [1.165, 1.54) is 0 Å². The van der Waals surface area contributed by atoms with Crippen LogP contribution in [0.1, 0.15) is 23.7 Å². The average molecular weight is 240 g/mol. The van der Waals surface area contributed by atoms with E-state index < -0.39 is 17.5 Å². The van der Waals surface area contributed by atoms with Gasteiger partial charge >= 0.3 is 0 Å². The maximum absolute atomic E-state index is 13.5. The van der Waals surface area contributed by atoms with Gasteiger partial charge in [-0.2, -0.15) is 0 Å². The summed E-state index contributed by atoms with van der Waals surface area (Å²) in [4.78, 5) is 13.6. The fraction of sp³-hybridized carbons (Fsp3) is 0.417. The van der Waals surface area contributed by atoms with Gasteiger partial charge in [-0.3, -0.25) is 4.79 Å². The molecular formula is C12H14F2N2O. The van der Waals surface area contributed by atoms with Gasteiger partial charge in [0.2, 0.25) is 0 Å². The van der Waals surface area contributed by atoms with E-state index in [9.17, 15) is 13.6 Å². The number of halogens is 2. The molecule has 0 bridgehead atoms. The zero-order chi connectivity index (χ0) is 12.6. The van der Waals surface area contributed by atoms with Crippen molar-refractivity contribution in [3.63, 3.8) is 0 Å². The van der Waals surface area contributed by atoms with Crippen LogP contribution in [0.5, 0.6) is 0 Å². The predicted molar refractivity (Wildman–Crippen MR) is 60.5 cm³/mol. The Morgan fingerprint density at radius 1 is 1.41 bits per heavy atom. The molecule has 1 aromatic carbocycles. The third kappa shape index (κ3) is 2.23. The van der Waals surface area contributed by atoms with Gasteiger partial charge in [0.05, 0.1) is 11.3 Å². The Balaban J connectivity index is 2.28. The molecule has 5 heteroatoms. The maximum Gasteiger partial charge on any atom is 0.256 e. The minimum atomic E-state index is -0.860. The van der Waals surface area contributed by atoms with Crippen LogP contribution in [0.15, 0.2) is 12.1 Å². The SMILES string of the molecule is CC1CCN(C(=O)c2cc(N)c(F)cc2F)C1. The summed E-state index contributed by atoms with van der Waals surface area (Å²) in [5.74, 6) is -1.70. The minimum Gasteiger partial charge on any atom is -0.396 e. The first-order valence-electron chi connectivity index (χ1n) is 5.53. The van der Waals surface area contributed by atoms with E-state index in [0.29, 0.717) is 25.1 Å². The Morgan fingerprint density at radius 2 is 2.12 bits per heavy atom. The molecule has 1 atom stereocenters. The lowest BCUT2D eigenvalue weighted by molar-refractivity contribution is 0.0783. The van der Waals surface area contributed by atoms with Crippen molar-refractivity contribution in [1.82, 2.24) is 4.90 Å². The number of amides is 1. The molecule has 92 valence electrons. The highest BCUT2D eigenvalue weighted by atomic mass is 19.1. The molecule has 1 fully saturated rings. The van der Waals surface area contributed by atoms with Crippen LogP contribution in [0.4, 0.5) is 14.5 Å². The highest BCUT2D eigenvalue weighted by Crippen LogP contribution is 2.22. The third-order valence-electron chi connectivity index (χ3n) is 3.03. The van der Waals surface area contributed by atoms with E-state index in [1.54, 1.807) is 4.90 Å². The van der Waals surface area contributed by atoms with Crippen molar-refractivity contribution in [1.29, 1.82) is 0 Å². The van der Waals surface area contributed by atoms with Crippen molar-refractivity contribution in [2.24, 2.45) is 5.92 Å². The Labute approximate surface area is 98.2 Å². The molecule has 0 radical (unpaired) electrons. The van der Waals surface area contributed by atoms with Gasteiger partial charge in [0, 0.05) is 19.2 Å². The number of likely N-dealkylation sites (tertiary alicyclic amines) is 1. The van der Waals surface area contributed by atoms with Crippen molar-refractivity contribution in [3.05, 3.63) is 29.3 Å². The zero-order valence-electron chi connectivity index (χ0n) is 9.54. The molecule has 1 aromatic rings. The molecule has 0 spiro atoms. The van der Waals surface area contributed by atoms with Gasteiger partial charge in [0.1, 0.15) is 11.6 Å². The van der Waals surface area contributed by atoms with Crippen LogP contribution < -0.4 is 5.73 Å². The third-order valence-corrected chi connectivity index (χ3v) is 3.03. The summed E-state index contributed by atoms with van der Waals surface area (Å²) >= 11 is 0. The lowest BCUT2D eigenvalue weighted by atomic mass is 10.1. The lowest BCUT2D eigenvalue weighted by Crippen LogP contribution is -2.29. The Bertz CT molecular complexity index is 462. The van der Waals surface area contributed by atoms with Crippen molar-refractivity contribution < 1.29 is 13.6 Å². The molecule has 1 aliphatic rings. The van der Waals surface area contributed by atoms with Crippen LogP contribution in [-0.2, 0) is 0 Å². The molecule has 1 saturated heterocycles. The number of hydrogen-bond donors (Lipinski definition) is 1. The molecule has 1 unspecified atom stereocenters. The summed E-state index contributed by atoms with van der Waals surface area (Å²) in [6.45, 7) is 3.24. The fourth-order valence-electron chi connectivity index (χ4n) is 2.02. The van der Waals surface area contributed by atoms with Crippen LogP contribution in [0.3, 0.4) is 0 Å². The Kier molecular flexibility index (Phi) is 3.00. The summed E-state index contributed by atoms with van der Waals surface area (Å²) in [6, 6.07) is 1.72. The van der Waals surface area contributed by atoms with Gasteiger partial charge < -0.3 is 10.6 Å². The van der Waals surface area contributed by atoms with E-state index in [1.807, 2.05) is 6.92 Å². The molecule has 2 N–H and O–H groups in total. The highest BCUT2D eigenvalue weighted by Gasteiger charge is 2.26. The van der Waals surface area contributed by atoms with Gasteiger partial charge in [-0.15, -0.1) is 0 Å². The predicted octanol–water partition coefficient (Wildman–Crippen LogP) is 2.03. The number of nitrogens with two attached hydrogens (primary N) is 1. The van der Waals surface area contributed by atoms with Crippen LogP contribution in [0.2, 0.25) is 0 Å². The Morgan fingerprint density at radius 3 is 2.71 bits per heavy atom. The molecule has 0 saturated carbocycles. The van der Waals surface area contributed by atoms with Gasteiger partial charge in [0.15, 0.2) is 0 Å². The van der Waals surface area contributed by atoms with Crippen molar-refractivity contribution >= 4 is 11.6 Å². The van der Waals surface area contributed by atoms with E-state index in [4.69, 9.17) is 5.73 Å². The van der Waals surface area contributed by atoms with Crippen molar-refractivity contribution in [2.45, 2.75) is 13.3 Å². The second-order valence-electron chi connectivity index (χ2n) is 4.50. The molecule has 3 nitrogen and oxygen atoms in total. The van der Waals surface area contributed by atoms with E-state index in [0.717, 1.165) is 12.5 Å². The first-order valence-corrected chi connectivity index (χ1v) is 5.53. The first kappa shape index (κ1) is 11.8. The summed E-state index contributed by atoms with van der Waals surface area (Å²) in [6.07, 6.45) is 0.907. The van der Waals surface area contributed by atoms with Crippen LogP contribution in [0.25, 0.3) is 0 Å². The van der Waals surface area contributed by atoms with E-state index in [2.05, 4.69) is 0 Å². The second-order valence-corrected chi connectivity index (χ2v) is 4.50. The first-order chi connectivity index (χ1) is 7.99. The number of carbonyl (C=O) groups excluding carboxylic acids is 1. The highest BCUT2D eigenvalue weighted by molar-refractivity contribution is 5.95. The monoisotopic (exact) mass is 240 g/mol. The number of anilines is 1. The lowest BCUT2D eigenvalue weighted by Gasteiger charge is -2.16. The summed E-state index contributed by atoms with van der Waals surface area (Å²) in [5, 5.41) is 0. The zero-order valence-corrected chi connectivity index (χ0v) is 9.54. The molecule has 17 heavy (non-hydrogen) atoms. The van der Waals surface area contributed by atoms with Crippen LogP contribution >= 0.6 is 0 Å².